The average molecular weight is 619 g/mol. The summed E-state index contributed by atoms with van der Waals surface area (Å²) in [6.45, 7) is 14.9. The molecule has 0 aromatic carbocycles. The SMILES string of the molecule is C=CC1=C(C)/C(=C/c2[nH]c(Cc3[nH]c(/C=C4\NC(=O)C(C)=C4C=C)c(C)c3CCC(=O)O)c(CCC(=O)O)c2C)NC1=O.OO. The Hall–Kier alpha value is -5.20. The molecule has 2 aromatic heterocycles. The van der Waals surface area contributed by atoms with Crippen LogP contribution in [-0.4, -0.2) is 54.4 Å². The number of carbonyl (C=O) groups is 4. The van der Waals surface area contributed by atoms with Gasteiger partial charge in [0.2, 0.25) is 0 Å². The van der Waals surface area contributed by atoms with Gasteiger partial charge in [-0.2, -0.15) is 0 Å². The zero-order valence-electron chi connectivity index (χ0n) is 25.7. The lowest BCUT2D eigenvalue weighted by Crippen LogP contribution is -2.15. The van der Waals surface area contributed by atoms with Crippen LogP contribution in [0.2, 0.25) is 0 Å². The van der Waals surface area contributed by atoms with Crippen molar-refractivity contribution in [3.05, 3.63) is 104 Å². The molecule has 0 radical (unpaired) electrons. The molecule has 0 saturated heterocycles. The van der Waals surface area contributed by atoms with E-state index in [0.29, 0.717) is 34.5 Å². The van der Waals surface area contributed by atoms with Gasteiger partial charge in [0, 0.05) is 64.5 Å². The van der Waals surface area contributed by atoms with Crippen LogP contribution in [0.4, 0.5) is 0 Å². The highest BCUT2D eigenvalue weighted by molar-refractivity contribution is 6.03. The summed E-state index contributed by atoms with van der Waals surface area (Å²) in [5.74, 6) is -2.28. The Bertz CT molecular complexity index is 1710. The molecular weight excluding hydrogens is 580 g/mol. The van der Waals surface area contributed by atoms with Gasteiger partial charge in [-0.15, -0.1) is 0 Å². The maximum absolute atomic E-state index is 12.3. The van der Waals surface area contributed by atoms with E-state index in [-0.39, 0.29) is 37.5 Å². The number of hydrogen-bond acceptors (Lipinski definition) is 6. The number of amides is 2. The van der Waals surface area contributed by atoms with Gasteiger partial charge in [-0.3, -0.25) is 29.7 Å². The number of allylic oxidation sites excluding steroid dienone is 2. The lowest BCUT2D eigenvalue weighted by Gasteiger charge is -2.07. The van der Waals surface area contributed by atoms with Crippen molar-refractivity contribution < 1.29 is 39.9 Å². The van der Waals surface area contributed by atoms with Crippen molar-refractivity contribution in [2.45, 2.75) is 59.8 Å². The summed E-state index contributed by atoms with van der Waals surface area (Å²) in [5, 5.41) is 36.6. The smallest absolute Gasteiger partial charge is 0.303 e. The predicted octanol–water partition coefficient (Wildman–Crippen LogP) is 4.55. The van der Waals surface area contributed by atoms with Gasteiger partial charge >= 0.3 is 11.9 Å². The molecule has 0 atom stereocenters. The van der Waals surface area contributed by atoms with Crippen LogP contribution >= 0.6 is 0 Å². The minimum absolute atomic E-state index is 0.0688. The van der Waals surface area contributed by atoms with Crippen molar-refractivity contribution in [1.29, 1.82) is 0 Å². The van der Waals surface area contributed by atoms with E-state index < -0.39 is 11.9 Å². The molecule has 2 aromatic rings. The third-order valence-electron chi connectivity index (χ3n) is 8.11. The number of rotatable bonds is 12. The van der Waals surface area contributed by atoms with E-state index in [1.54, 1.807) is 13.0 Å². The van der Waals surface area contributed by atoms with Crippen molar-refractivity contribution in [2.24, 2.45) is 0 Å². The van der Waals surface area contributed by atoms with Crippen LogP contribution in [-0.2, 0) is 38.4 Å². The molecule has 238 valence electrons. The highest BCUT2D eigenvalue weighted by Crippen LogP contribution is 2.31. The number of carbonyl (C=O) groups excluding carboxylic acids is 2. The number of aliphatic carboxylic acids is 2. The molecule has 0 bridgehead atoms. The normalized spacial score (nSPS) is 16.2. The summed E-state index contributed by atoms with van der Waals surface area (Å²) in [7, 11) is 0. The van der Waals surface area contributed by atoms with Gasteiger partial charge in [-0.25, -0.2) is 0 Å². The maximum Gasteiger partial charge on any atom is 0.303 e. The highest BCUT2D eigenvalue weighted by Gasteiger charge is 2.25. The molecule has 45 heavy (non-hydrogen) atoms. The van der Waals surface area contributed by atoms with Gasteiger partial charge in [-0.1, -0.05) is 25.3 Å². The molecule has 2 aliphatic rings. The number of aromatic nitrogens is 2. The number of carboxylic acid groups (broad SMARTS) is 2. The zero-order valence-corrected chi connectivity index (χ0v) is 25.7. The third kappa shape index (κ3) is 7.31. The minimum Gasteiger partial charge on any atom is -0.481 e. The molecule has 0 spiro atoms. The summed E-state index contributed by atoms with van der Waals surface area (Å²) >= 11 is 0. The van der Waals surface area contributed by atoms with Gasteiger partial charge in [-0.05, 0) is 80.5 Å². The highest BCUT2D eigenvalue weighted by atomic mass is 17.0. The molecule has 8 N–H and O–H groups in total. The first-order chi connectivity index (χ1) is 21.4. The zero-order chi connectivity index (χ0) is 33.6. The van der Waals surface area contributed by atoms with Crippen molar-refractivity contribution in [3.8, 4) is 0 Å². The molecular formula is C33H38N4O8. The maximum atomic E-state index is 12.3. The van der Waals surface area contributed by atoms with E-state index in [1.165, 1.54) is 6.08 Å². The van der Waals surface area contributed by atoms with E-state index in [4.69, 9.17) is 10.5 Å². The Kier molecular flexibility index (Phi) is 11.1. The molecule has 0 fully saturated rings. The second-order valence-electron chi connectivity index (χ2n) is 10.7. The first kappa shape index (κ1) is 34.3. The molecule has 0 unspecified atom stereocenters. The summed E-state index contributed by atoms with van der Waals surface area (Å²) in [6, 6.07) is 0. The van der Waals surface area contributed by atoms with Gasteiger partial charge in [0.15, 0.2) is 0 Å². The molecule has 12 heteroatoms. The van der Waals surface area contributed by atoms with Crippen LogP contribution in [0.1, 0.15) is 71.7 Å². The van der Waals surface area contributed by atoms with Gasteiger partial charge in [0.1, 0.15) is 0 Å². The molecule has 4 heterocycles. The molecule has 2 aliphatic heterocycles. The summed E-state index contributed by atoms with van der Waals surface area (Å²) in [6.07, 6.45) is 7.58. The Morgan fingerprint density at radius 3 is 1.56 bits per heavy atom. The largest absolute Gasteiger partial charge is 0.481 e. The van der Waals surface area contributed by atoms with Crippen molar-refractivity contribution in [2.75, 3.05) is 0 Å². The van der Waals surface area contributed by atoms with E-state index in [0.717, 1.165) is 50.6 Å². The number of carboxylic acids is 2. The fourth-order valence-electron chi connectivity index (χ4n) is 5.61. The van der Waals surface area contributed by atoms with Gasteiger partial charge in [0.25, 0.3) is 11.8 Å². The molecule has 12 nitrogen and oxygen atoms in total. The fourth-order valence-corrected chi connectivity index (χ4v) is 5.61. The van der Waals surface area contributed by atoms with Crippen molar-refractivity contribution >= 4 is 35.9 Å². The average Bonchev–Trinajstić information content (AvgIpc) is 3.64. The first-order valence-corrected chi connectivity index (χ1v) is 14.1. The van der Waals surface area contributed by atoms with E-state index in [2.05, 4.69) is 33.8 Å². The Labute approximate surface area is 260 Å². The standard InChI is InChI=1S/C33H36N4O6.H2O2/c1-7-20-19(6)32(42)37-27(20)14-25-18(5)23(10-12-31(40)41)29(35-25)15-28-22(9-11-30(38)39)17(4)24(34-28)13-26-16(3)21(8-2)33(43)36-26;1-2/h7-8,13-14,34-35H,1-2,9-12,15H2,3-6H3,(H,36,43)(H,37,42)(H,38,39)(H,40,41);1-2H/b26-13-,27-14-;. The van der Waals surface area contributed by atoms with Gasteiger partial charge < -0.3 is 30.8 Å². The third-order valence-corrected chi connectivity index (χ3v) is 8.11. The minimum atomic E-state index is -0.922. The number of nitrogens with one attached hydrogen (secondary N) is 4. The number of hydrogen-bond donors (Lipinski definition) is 8. The van der Waals surface area contributed by atoms with Crippen LogP contribution in [0.5, 0.6) is 0 Å². The quantitative estimate of drug-likeness (QED) is 0.125. The van der Waals surface area contributed by atoms with Crippen LogP contribution in [0, 0.1) is 13.8 Å². The summed E-state index contributed by atoms with van der Waals surface area (Å²) in [4.78, 5) is 54.5. The Balaban J connectivity index is 0.00000271. The van der Waals surface area contributed by atoms with Crippen LogP contribution in [0.15, 0.2) is 59.0 Å². The second kappa shape index (κ2) is 14.5. The first-order valence-electron chi connectivity index (χ1n) is 14.1. The summed E-state index contributed by atoms with van der Waals surface area (Å²) in [5.41, 5.74) is 10.2. The Morgan fingerprint density at radius 2 is 1.13 bits per heavy atom. The molecule has 0 saturated carbocycles. The van der Waals surface area contributed by atoms with Crippen molar-refractivity contribution in [3.63, 3.8) is 0 Å². The van der Waals surface area contributed by atoms with E-state index >= 15 is 0 Å². The second-order valence-corrected chi connectivity index (χ2v) is 10.7. The topological polar surface area (TPSA) is 205 Å². The van der Waals surface area contributed by atoms with Crippen LogP contribution in [0.3, 0.4) is 0 Å². The van der Waals surface area contributed by atoms with Gasteiger partial charge in [0.05, 0.1) is 5.70 Å². The fraction of sp³-hybridized carbons (Fsp3) is 0.273. The van der Waals surface area contributed by atoms with E-state index in [1.807, 2.05) is 32.9 Å². The van der Waals surface area contributed by atoms with Crippen LogP contribution in [0.25, 0.3) is 12.2 Å². The number of aromatic amines is 2. The Morgan fingerprint density at radius 1 is 0.689 bits per heavy atom. The summed E-state index contributed by atoms with van der Waals surface area (Å²) < 4.78 is 0. The van der Waals surface area contributed by atoms with Crippen molar-refractivity contribution in [1.82, 2.24) is 20.6 Å². The lowest BCUT2D eigenvalue weighted by molar-refractivity contribution is -0.176. The molecule has 2 amide bonds. The van der Waals surface area contributed by atoms with E-state index in [9.17, 15) is 29.4 Å². The monoisotopic (exact) mass is 618 g/mol. The number of H-pyrrole nitrogens is 2. The molecule has 0 aliphatic carbocycles. The van der Waals surface area contributed by atoms with Crippen LogP contribution < -0.4 is 10.6 Å². The predicted molar refractivity (Wildman–Crippen MR) is 169 cm³/mol. The molecule has 4 rings (SSSR count). The lowest BCUT2D eigenvalue weighted by atomic mass is 9.98.